The molecule has 1 heterocycles. The molecule has 7 heteroatoms. The number of anilines is 1. The normalized spacial score (nSPS) is 15.3. The second kappa shape index (κ2) is 9.52. The maximum Gasteiger partial charge on any atom is 0.292 e. The van der Waals surface area contributed by atoms with E-state index in [4.69, 9.17) is 4.74 Å². The van der Waals surface area contributed by atoms with Gasteiger partial charge in [-0.2, -0.15) is 0 Å². The number of para-hydroxylation sites is 2. The van der Waals surface area contributed by atoms with Crippen LogP contribution in [0.4, 0.5) is 11.4 Å². The number of nitro benzene ring substituents is 1. The van der Waals surface area contributed by atoms with Gasteiger partial charge in [-0.3, -0.25) is 14.9 Å². The third kappa shape index (κ3) is 5.17. The number of nitrogens with zero attached hydrogens (tertiary/aromatic N) is 3. The highest BCUT2D eigenvalue weighted by Gasteiger charge is 2.30. The Labute approximate surface area is 155 Å². The van der Waals surface area contributed by atoms with E-state index < -0.39 is 0 Å². The Morgan fingerprint density at radius 1 is 1.35 bits per heavy atom. The van der Waals surface area contributed by atoms with Crippen molar-refractivity contribution in [1.82, 2.24) is 4.90 Å². The van der Waals surface area contributed by atoms with E-state index in [1.165, 1.54) is 6.07 Å². The molecule has 0 unspecified atom stereocenters. The number of nitro groups is 1. The highest BCUT2D eigenvalue weighted by atomic mass is 16.6. The first-order valence-electron chi connectivity index (χ1n) is 9.20. The van der Waals surface area contributed by atoms with Crippen LogP contribution in [-0.2, 0) is 9.53 Å². The lowest BCUT2D eigenvalue weighted by molar-refractivity contribution is -0.384. The monoisotopic (exact) mass is 363 g/mol. The number of benzene rings is 1. The van der Waals surface area contributed by atoms with Crippen LogP contribution in [0.5, 0.6) is 0 Å². The molecule has 0 aromatic heterocycles. The Bertz CT molecular complexity index is 613. The van der Waals surface area contributed by atoms with Gasteiger partial charge in [0.15, 0.2) is 0 Å². The summed E-state index contributed by atoms with van der Waals surface area (Å²) in [5.41, 5.74) is 0.764. The van der Waals surface area contributed by atoms with Gasteiger partial charge in [-0.1, -0.05) is 26.0 Å². The summed E-state index contributed by atoms with van der Waals surface area (Å²) >= 11 is 0. The second-order valence-corrected chi connectivity index (χ2v) is 7.18. The molecule has 2 rings (SSSR count). The fourth-order valence-corrected chi connectivity index (χ4v) is 3.45. The van der Waals surface area contributed by atoms with E-state index in [0.717, 1.165) is 6.54 Å². The number of methoxy groups -OCH3 is 1. The van der Waals surface area contributed by atoms with E-state index in [-0.39, 0.29) is 22.4 Å². The number of piperidine rings is 1. The number of carbonyl (C=O) groups is 1. The van der Waals surface area contributed by atoms with Crippen LogP contribution in [0.15, 0.2) is 24.3 Å². The first-order valence-corrected chi connectivity index (χ1v) is 9.20. The van der Waals surface area contributed by atoms with Gasteiger partial charge in [0.05, 0.1) is 11.5 Å². The molecular weight excluding hydrogens is 334 g/mol. The van der Waals surface area contributed by atoms with Crippen molar-refractivity contribution in [2.45, 2.75) is 26.7 Å². The minimum atomic E-state index is -0.346. The lowest BCUT2D eigenvalue weighted by atomic mass is 9.94. The average molecular weight is 363 g/mol. The van der Waals surface area contributed by atoms with E-state index in [1.54, 1.807) is 19.2 Å². The molecular formula is C19H29N3O4. The Morgan fingerprint density at radius 2 is 2.00 bits per heavy atom. The van der Waals surface area contributed by atoms with Gasteiger partial charge in [-0.15, -0.1) is 0 Å². The molecule has 144 valence electrons. The van der Waals surface area contributed by atoms with Crippen LogP contribution in [0.1, 0.15) is 26.7 Å². The molecule has 0 spiro atoms. The maximum atomic E-state index is 12.9. The van der Waals surface area contributed by atoms with Crippen molar-refractivity contribution in [1.29, 1.82) is 0 Å². The van der Waals surface area contributed by atoms with Crippen LogP contribution in [0, 0.1) is 22.0 Å². The van der Waals surface area contributed by atoms with E-state index in [1.807, 2.05) is 15.9 Å². The first-order chi connectivity index (χ1) is 12.4. The van der Waals surface area contributed by atoms with Gasteiger partial charge in [0.25, 0.3) is 5.69 Å². The molecule has 1 aliphatic heterocycles. The van der Waals surface area contributed by atoms with E-state index >= 15 is 0 Å². The number of rotatable bonds is 8. The summed E-state index contributed by atoms with van der Waals surface area (Å²) in [7, 11) is 1.64. The molecule has 0 aliphatic carbocycles. The molecule has 1 fully saturated rings. The summed E-state index contributed by atoms with van der Waals surface area (Å²) in [6, 6.07) is 6.80. The summed E-state index contributed by atoms with van der Waals surface area (Å²) in [6.07, 6.45) is 1.43. The zero-order valence-electron chi connectivity index (χ0n) is 15.9. The number of carbonyl (C=O) groups excluding carboxylic acids is 1. The zero-order chi connectivity index (χ0) is 19.1. The molecule has 0 saturated carbocycles. The Hall–Kier alpha value is -2.15. The van der Waals surface area contributed by atoms with E-state index in [2.05, 4.69) is 13.8 Å². The maximum absolute atomic E-state index is 12.9. The molecule has 1 aromatic carbocycles. The number of ether oxygens (including phenoxy) is 1. The van der Waals surface area contributed by atoms with Crippen molar-refractivity contribution < 1.29 is 14.5 Å². The fourth-order valence-electron chi connectivity index (χ4n) is 3.45. The van der Waals surface area contributed by atoms with Gasteiger partial charge in [-0.05, 0) is 24.8 Å². The van der Waals surface area contributed by atoms with Crippen LogP contribution in [0.3, 0.4) is 0 Å². The van der Waals surface area contributed by atoms with Gasteiger partial charge >= 0.3 is 0 Å². The quantitative estimate of drug-likeness (QED) is 0.524. The lowest BCUT2D eigenvalue weighted by Crippen LogP contribution is -2.45. The largest absolute Gasteiger partial charge is 0.383 e. The Morgan fingerprint density at radius 3 is 2.58 bits per heavy atom. The summed E-state index contributed by atoms with van der Waals surface area (Å²) in [4.78, 5) is 27.7. The molecule has 7 nitrogen and oxygen atoms in total. The third-order valence-electron chi connectivity index (χ3n) is 4.73. The van der Waals surface area contributed by atoms with E-state index in [9.17, 15) is 14.9 Å². The van der Waals surface area contributed by atoms with Crippen LogP contribution >= 0.6 is 0 Å². The number of amides is 1. The minimum absolute atomic E-state index is 0.0235. The Balaban J connectivity index is 2.00. The SMILES string of the molecule is COCCN(CC(C)C)C(=O)C1CCN(c2ccccc2[N+](=O)[O-])CC1. The smallest absolute Gasteiger partial charge is 0.292 e. The fraction of sp³-hybridized carbons (Fsp3) is 0.632. The van der Waals surface area contributed by atoms with Gasteiger partial charge in [0, 0.05) is 45.3 Å². The van der Waals surface area contributed by atoms with Gasteiger partial charge in [-0.25, -0.2) is 0 Å². The highest BCUT2D eigenvalue weighted by Crippen LogP contribution is 2.31. The first kappa shape index (κ1) is 20.2. The van der Waals surface area contributed by atoms with E-state index in [0.29, 0.717) is 50.7 Å². The zero-order valence-corrected chi connectivity index (χ0v) is 15.9. The van der Waals surface area contributed by atoms with Crippen molar-refractivity contribution in [3.63, 3.8) is 0 Å². The van der Waals surface area contributed by atoms with Crippen molar-refractivity contribution in [2.24, 2.45) is 11.8 Å². The van der Waals surface area contributed by atoms with Crippen molar-refractivity contribution >= 4 is 17.3 Å². The average Bonchev–Trinajstić information content (AvgIpc) is 2.64. The molecule has 1 saturated heterocycles. The number of hydrogen-bond donors (Lipinski definition) is 0. The minimum Gasteiger partial charge on any atom is -0.383 e. The van der Waals surface area contributed by atoms with Crippen molar-refractivity contribution in [3.8, 4) is 0 Å². The molecule has 1 amide bonds. The molecule has 0 N–H and O–H groups in total. The highest BCUT2D eigenvalue weighted by molar-refractivity contribution is 5.79. The van der Waals surface area contributed by atoms with Crippen molar-refractivity contribution in [3.05, 3.63) is 34.4 Å². The second-order valence-electron chi connectivity index (χ2n) is 7.18. The Kier molecular flexibility index (Phi) is 7.38. The molecule has 1 aliphatic rings. The van der Waals surface area contributed by atoms with Gasteiger partial charge < -0.3 is 14.5 Å². The van der Waals surface area contributed by atoms with Crippen LogP contribution in [0.25, 0.3) is 0 Å². The molecule has 0 atom stereocenters. The summed E-state index contributed by atoms with van der Waals surface area (Å²) in [5.74, 6) is 0.561. The summed E-state index contributed by atoms with van der Waals surface area (Å²) in [5, 5.41) is 11.2. The third-order valence-corrected chi connectivity index (χ3v) is 4.73. The predicted molar refractivity (Wildman–Crippen MR) is 101 cm³/mol. The number of hydrogen-bond acceptors (Lipinski definition) is 5. The van der Waals surface area contributed by atoms with Crippen molar-refractivity contribution in [2.75, 3.05) is 44.8 Å². The standard InChI is InChI=1S/C19H29N3O4/c1-15(2)14-21(12-13-26-3)19(23)16-8-10-20(11-9-16)17-6-4-5-7-18(17)22(24)25/h4-7,15-16H,8-14H2,1-3H3. The van der Waals surface area contributed by atoms with Crippen LogP contribution in [-0.4, -0.2) is 55.6 Å². The lowest BCUT2D eigenvalue weighted by Gasteiger charge is -2.35. The molecule has 26 heavy (non-hydrogen) atoms. The topological polar surface area (TPSA) is 75.9 Å². The summed E-state index contributed by atoms with van der Waals surface area (Å²) in [6.45, 7) is 7.38. The van der Waals surface area contributed by atoms with Crippen LogP contribution < -0.4 is 4.90 Å². The van der Waals surface area contributed by atoms with Gasteiger partial charge in [0.1, 0.15) is 5.69 Å². The summed E-state index contributed by atoms with van der Waals surface area (Å²) < 4.78 is 5.14. The molecule has 0 radical (unpaired) electrons. The molecule has 1 aromatic rings. The van der Waals surface area contributed by atoms with Gasteiger partial charge in [0.2, 0.25) is 5.91 Å². The molecule has 0 bridgehead atoms. The van der Waals surface area contributed by atoms with Crippen LogP contribution in [0.2, 0.25) is 0 Å². The predicted octanol–water partition coefficient (Wildman–Crippen LogP) is 2.94.